The van der Waals surface area contributed by atoms with Crippen LogP contribution in [0.15, 0.2) is 55.1 Å². The summed E-state index contributed by atoms with van der Waals surface area (Å²) < 4.78 is 20.3. The SMILES string of the molecule is C=CC(=O)N1CCN(c2snc3c(F)c(-c4cccc5cc(O)ccc45)c(Cl)cc23)[C@@H](C)C1. The van der Waals surface area contributed by atoms with Gasteiger partial charge < -0.3 is 14.9 Å². The number of hydrogen-bond acceptors (Lipinski definition) is 5. The summed E-state index contributed by atoms with van der Waals surface area (Å²) in [6, 6.07) is 12.3. The Morgan fingerprint density at radius 2 is 2.09 bits per heavy atom. The molecule has 2 heterocycles. The minimum atomic E-state index is -0.464. The van der Waals surface area contributed by atoms with Crippen molar-refractivity contribution in [1.29, 1.82) is 0 Å². The molecule has 0 unspecified atom stereocenters. The van der Waals surface area contributed by atoms with Crippen molar-refractivity contribution in [3.05, 3.63) is 66.0 Å². The van der Waals surface area contributed by atoms with Gasteiger partial charge >= 0.3 is 0 Å². The maximum Gasteiger partial charge on any atom is 0.246 e. The molecule has 0 bridgehead atoms. The molecule has 0 aliphatic carbocycles. The first-order chi connectivity index (χ1) is 15.9. The van der Waals surface area contributed by atoms with Crippen molar-refractivity contribution >= 4 is 55.7 Å². The van der Waals surface area contributed by atoms with Gasteiger partial charge in [-0.2, -0.15) is 4.37 Å². The topological polar surface area (TPSA) is 56.7 Å². The molecule has 0 spiro atoms. The van der Waals surface area contributed by atoms with Crippen molar-refractivity contribution in [3.63, 3.8) is 0 Å². The Bertz CT molecular complexity index is 1420. The van der Waals surface area contributed by atoms with E-state index >= 15 is 4.39 Å². The van der Waals surface area contributed by atoms with Crippen molar-refractivity contribution < 1.29 is 14.3 Å². The summed E-state index contributed by atoms with van der Waals surface area (Å²) in [6.07, 6.45) is 1.33. The summed E-state index contributed by atoms with van der Waals surface area (Å²) in [5.41, 5.74) is 1.23. The zero-order valence-electron chi connectivity index (χ0n) is 17.9. The van der Waals surface area contributed by atoms with Gasteiger partial charge in [0.2, 0.25) is 5.91 Å². The quantitative estimate of drug-likeness (QED) is 0.373. The second kappa shape index (κ2) is 8.32. The fourth-order valence-corrected chi connectivity index (χ4v) is 5.81. The van der Waals surface area contributed by atoms with Crippen LogP contribution in [0.5, 0.6) is 5.75 Å². The molecule has 1 atom stereocenters. The lowest BCUT2D eigenvalue weighted by molar-refractivity contribution is -0.126. The number of carbonyl (C=O) groups is 1. The molecule has 1 aliphatic heterocycles. The van der Waals surface area contributed by atoms with Gasteiger partial charge in [-0.25, -0.2) is 4.39 Å². The minimum absolute atomic E-state index is 0.0403. The van der Waals surface area contributed by atoms with Crippen molar-refractivity contribution in [1.82, 2.24) is 9.27 Å². The largest absolute Gasteiger partial charge is 0.508 e. The van der Waals surface area contributed by atoms with Gasteiger partial charge in [0, 0.05) is 36.6 Å². The van der Waals surface area contributed by atoms with Gasteiger partial charge in [0.15, 0.2) is 5.82 Å². The summed E-state index contributed by atoms with van der Waals surface area (Å²) in [4.78, 5) is 15.9. The van der Waals surface area contributed by atoms with Crippen LogP contribution in [0.2, 0.25) is 5.02 Å². The molecule has 168 valence electrons. The average molecular weight is 482 g/mol. The molecule has 8 heteroatoms. The lowest BCUT2D eigenvalue weighted by atomic mass is 9.96. The van der Waals surface area contributed by atoms with Gasteiger partial charge in [-0.15, -0.1) is 0 Å². The molecule has 5 nitrogen and oxygen atoms in total. The Balaban J connectivity index is 1.59. The number of anilines is 1. The monoisotopic (exact) mass is 481 g/mol. The van der Waals surface area contributed by atoms with Crippen molar-refractivity contribution in [3.8, 4) is 16.9 Å². The van der Waals surface area contributed by atoms with Crippen molar-refractivity contribution in [2.24, 2.45) is 0 Å². The van der Waals surface area contributed by atoms with E-state index in [4.69, 9.17) is 11.6 Å². The Labute approximate surface area is 199 Å². The third kappa shape index (κ3) is 3.61. The number of benzene rings is 3. The first kappa shape index (κ1) is 21.7. The smallest absolute Gasteiger partial charge is 0.246 e. The van der Waals surface area contributed by atoms with Gasteiger partial charge in [0.05, 0.1) is 5.02 Å². The molecule has 3 aromatic carbocycles. The molecule has 1 fully saturated rings. The van der Waals surface area contributed by atoms with E-state index in [1.54, 1.807) is 29.2 Å². The van der Waals surface area contributed by atoms with Crippen LogP contribution in [0.4, 0.5) is 9.39 Å². The average Bonchev–Trinajstić information content (AvgIpc) is 3.22. The Morgan fingerprint density at radius 1 is 1.27 bits per heavy atom. The van der Waals surface area contributed by atoms with E-state index in [-0.39, 0.29) is 23.2 Å². The number of halogens is 2. The summed E-state index contributed by atoms with van der Waals surface area (Å²) in [5, 5.41) is 13.2. The number of aromatic hydroxyl groups is 1. The number of nitrogens with zero attached hydrogens (tertiary/aromatic N) is 3. The maximum atomic E-state index is 15.8. The minimum Gasteiger partial charge on any atom is -0.508 e. The number of carbonyl (C=O) groups excluding carboxylic acids is 1. The van der Waals surface area contributed by atoms with Crippen molar-refractivity contribution in [2.45, 2.75) is 13.0 Å². The number of phenolic OH excluding ortho intramolecular Hbond substituents is 1. The van der Waals surface area contributed by atoms with E-state index < -0.39 is 5.82 Å². The molecule has 0 radical (unpaired) electrons. The molecule has 1 aromatic heterocycles. The predicted octanol–water partition coefficient (Wildman–Crippen LogP) is 5.84. The number of phenols is 1. The van der Waals surface area contributed by atoms with Gasteiger partial charge in [-0.1, -0.05) is 42.4 Å². The maximum absolute atomic E-state index is 15.8. The van der Waals surface area contributed by atoms with Gasteiger partial charge in [0.25, 0.3) is 0 Å². The molecule has 1 aliphatic rings. The van der Waals surface area contributed by atoms with E-state index in [0.717, 1.165) is 15.8 Å². The second-order valence-corrected chi connectivity index (χ2v) is 9.33. The molecule has 33 heavy (non-hydrogen) atoms. The Hall–Kier alpha value is -3.16. The lowest BCUT2D eigenvalue weighted by Gasteiger charge is -2.40. The van der Waals surface area contributed by atoms with Crippen LogP contribution >= 0.6 is 23.1 Å². The Morgan fingerprint density at radius 3 is 2.85 bits per heavy atom. The van der Waals surface area contributed by atoms with Crippen LogP contribution in [0.3, 0.4) is 0 Å². The Kier molecular flexibility index (Phi) is 5.46. The molecule has 5 rings (SSSR count). The number of piperazine rings is 1. The van der Waals surface area contributed by atoms with Crippen LogP contribution in [-0.2, 0) is 4.79 Å². The highest BCUT2D eigenvalue weighted by atomic mass is 35.5. The van der Waals surface area contributed by atoms with Crippen LogP contribution in [0, 0.1) is 5.82 Å². The zero-order valence-corrected chi connectivity index (χ0v) is 19.5. The third-order valence-corrected chi connectivity index (χ3v) is 7.35. The number of hydrogen-bond donors (Lipinski definition) is 1. The van der Waals surface area contributed by atoms with Crippen LogP contribution in [-0.4, -0.2) is 46.0 Å². The second-order valence-electron chi connectivity index (χ2n) is 8.17. The number of amides is 1. The highest BCUT2D eigenvalue weighted by molar-refractivity contribution is 7.11. The van der Waals surface area contributed by atoms with Gasteiger partial charge in [-0.3, -0.25) is 4.79 Å². The van der Waals surface area contributed by atoms with Crippen LogP contribution < -0.4 is 4.90 Å². The molecule has 4 aromatic rings. The highest BCUT2D eigenvalue weighted by Gasteiger charge is 2.29. The van der Waals surface area contributed by atoms with E-state index in [1.165, 1.54) is 17.6 Å². The van der Waals surface area contributed by atoms with Gasteiger partial charge in [0.1, 0.15) is 16.3 Å². The number of fused-ring (bicyclic) bond motifs is 2. The number of rotatable bonds is 3. The summed E-state index contributed by atoms with van der Waals surface area (Å²) in [6.45, 7) is 7.33. The normalized spacial score (nSPS) is 16.5. The third-order valence-electron chi connectivity index (χ3n) is 6.15. The standard InChI is InChI=1S/C25H21ClFN3O2S/c1-3-21(32)29-9-10-30(14(2)13-29)25-19-12-20(26)22(23(27)24(19)28-33-25)18-6-4-5-15-11-16(31)7-8-17(15)18/h3-8,11-12,14,31H,1,9-10,13H2,2H3/t14-/m0/s1. The summed E-state index contributed by atoms with van der Waals surface area (Å²) in [5.74, 6) is -0.402. The van der Waals surface area contributed by atoms with Crippen LogP contribution in [0.25, 0.3) is 32.8 Å². The number of aromatic nitrogens is 1. The first-order valence-electron chi connectivity index (χ1n) is 10.6. The van der Waals surface area contributed by atoms with Crippen molar-refractivity contribution in [2.75, 3.05) is 24.5 Å². The van der Waals surface area contributed by atoms with E-state index in [1.807, 2.05) is 25.1 Å². The molecule has 1 N–H and O–H groups in total. The van der Waals surface area contributed by atoms with E-state index in [0.29, 0.717) is 41.2 Å². The molecule has 1 saturated heterocycles. The fourth-order valence-electron chi connectivity index (χ4n) is 4.53. The zero-order chi connectivity index (χ0) is 23.3. The molecular weight excluding hydrogens is 461 g/mol. The molecule has 1 amide bonds. The first-order valence-corrected chi connectivity index (χ1v) is 11.7. The molecule has 0 saturated carbocycles. The van der Waals surface area contributed by atoms with E-state index in [9.17, 15) is 9.90 Å². The predicted molar refractivity (Wildman–Crippen MR) is 133 cm³/mol. The van der Waals surface area contributed by atoms with Crippen LogP contribution in [0.1, 0.15) is 6.92 Å². The lowest BCUT2D eigenvalue weighted by Crippen LogP contribution is -2.53. The summed E-state index contributed by atoms with van der Waals surface area (Å²) in [7, 11) is 0. The fraction of sp³-hybridized carbons (Fsp3) is 0.200. The van der Waals surface area contributed by atoms with Gasteiger partial charge in [-0.05, 0) is 59.1 Å². The molecular formula is C25H21ClFN3O2S. The summed E-state index contributed by atoms with van der Waals surface area (Å²) >= 11 is 7.91. The highest BCUT2D eigenvalue weighted by Crippen LogP contribution is 2.43. The van der Waals surface area contributed by atoms with E-state index in [2.05, 4.69) is 15.9 Å².